The number of hydrogen-bond donors (Lipinski definition) is 1. The third-order valence-electron chi connectivity index (χ3n) is 4.26. The number of rotatable bonds is 2. The molecular formula is C20H16N2O. The third-order valence-corrected chi connectivity index (χ3v) is 4.26. The van der Waals surface area contributed by atoms with Gasteiger partial charge in [0, 0.05) is 34.6 Å². The SMILES string of the molecule is Cc1[nH]c(=O)c(Cc2cnc3ccccc3c2)c2ccccc12. The maximum absolute atomic E-state index is 12.4. The van der Waals surface area contributed by atoms with Crippen LogP contribution >= 0.6 is 0 Å². The summed E-state index contributed by atoms with van der Waals surface area (Å²) in [5, 5.41) is 3.20. The van der Waals surface area contributed by atoms with E-state index in [1.165, 1.54) is 0 Å². The molecule has 0 unspecified atom stereocenters. The number of aromatic nitrogens is 2. The second-order valence-corrected chi connectivity index (χ2v) is 5.82. The van der Waals surface area contributed by atoms with Gasteiger partial charge in [-0.1, -0.05) is 42.5 Å². The van der Waals surface area contributed by atoms with Gasteiger partial charge in [0.1, 0.15) is 0 Å². The molecule has 0 saturated heterocycles. The molecule has 1 N–H and O–H groups in total. The average Bonchev–Trinajstić information content (AvgIpc) is 2.58. The highest BCUT2D eigenvalue weighted by molar-refractivity contribution is 5.87. The number of aryl methyl sites for hydroxylation is 1. The molecule has 4 rings (SSSR count). The smallest absolute Gasteiger partial charge is 0.252 e. The molecule has 0 radical (unpaired) electrons. The molecule has 0 atom stereocenters. The highest BCUT2D eigenvalue weighted by atomic mass is 16.1. The number of para-hydroxylation sites is 1. The Balaban J connectivity index is 1.87. The van der Waals surface area contributed by atoms with Crippen LogP contribution in [0.2, 0.25) is 0 Å². The Morgan fingerprint density at radius 2 is 1.74 bits per heavy atom. The zero-order valence-corrected chi connectivity index (χ0v) is 12.8. The minimum Gasteiger partial charge on any atom is -0.326 e. The summed E-state index contributed by atoms with van der Waals surface area (Å²) < 4.78 is 0. The van der Waals surface area contributed by atoms with Gasteiger partial charge in [0.05, 0.1) is 5.52 Å². The molecule has 0 saturated carbocycles. The average molecular weight is 300 g/mol. The van der Waals surface area contributed by atoms with Gasteiger partial charge in [0.15, 0.2) is 0 Å². The van der Waals surface area contributed by atoms with Gasteiger partial charge in [-0.3, -0.25) is 9.78 Å². The Morgan fingerprint density at radius 1 is 1.00 bits per heavy atom. The summed E-state index contributed by atoms with van der Waals surface area (Å²) in [6, 6.07) is 18.2. The van der Waals surface area contributed by atoms with Gasteiger partial charge in [-0.2, -0.15) is 0 Å². The normalized spacial score (nSPS) is 11.2. The molecule has 0 fully saturated rings. The van der Waals surface area contributed by atoms with E-state index in [1.54, 1.807) is 0 Å². The fourth-order valence-corrected chi connectivity index (χ4v) is 3.10. The van der Waals surface area contributed by atoms with E-state index < -0.39 is 0 Å². The quantitative estimate of drug-likeness (QED) is 0.608. The van der Waals surface area contributed by atoms with E-state index in [1.807, 2.05) is 61.7 Å². The molecule has 3 nitrogen and oxygen atoms in total. The second-order valence-electron chi connectivity index (χ2n) is 5.82. The van der Waals surface area contributed by atoms with Crippen molar-refractivity contribution in [3.05, 3.63) is 88.0 Å². The van der Waals surface area contributed by atoms with Gasteiger partial charge < -0.3 is 4.98 Å². The zero-order valence-electron chi connectivity index (χ0n) is 12.8. The van der Waals surface area contributed by atoms with Gasteiger partial charge in [0.25, 0.3) is 5.56 Å². The van der Waals surface area contributed by atoms with Crippen LogP contribution in [0.4, 0.5) is 0 Å². The Morgan fingerprint density at radius 3 is 2.61 bits per heavy atom. The molecule has 2 aromatic carbocycles. The van der Waals surface area contributed by atoms with Crippen molar-refractivity contribution in [1.82, 2.24) is 9.97 Å². The summed E-state index contributed by atoms with van der Waals surface area (Å²) in [5.41, 5.74) is 3.70. The Bertz CT molecular complexity index is 1080. The molecule has 2 heterocycles. The van der Waals surface area contributed by atoms with Crippen molar-refractivity contribution in [1.29, 1.82) is 0 Å². The van der Waals surface area contributed by atoms with Crippen LogP contribution in [-0.4, -0.2) is 9.97 Å². The molecule has 0 aliphatic heterocycles. The zero-order chi connectivity index (χ0) is 15.8. The first-order valence-electron chi connectivity index (χ1n) is 7.66. The molecule has 0 bridgehead atoms. The van der Waals surface area contributed by atoms with E-state index in [0.717, 1.165) is 38.5 Å². The van der Waals surface area contributed by atoms with Crippen LogP contribution in [0.5, 0.6) is 0 Å². The number of fused-ring (bicyclic) bond motifs is 2. The third kappa shape index (κ3) is 2.40. The molecule has 23 heavy (non-hydrogen) atoms. The van der Waals surface area contributed by atoms with Crippen molar-refractivity contribution in [3.63, 3.8) is 0 Å². The minimum atomic E-state index is -0.0191. The number of H-pyrrole nitrogens is 1. The topological polar surface area (TPSA) is 45.8 Å². The van der Waals surface area contributed by atoms with Crippen molar-refractivity contribution in [3.8, 4) is 0 Å². The Labute approximate surface area is 133 Å². The monoisotopic (exact) mass is 300 g/mol. The van der Waals surface area contributed by atoms with Crippen LogP contribution in [0, 0.1) is 6.92 Å². The van der Waals surface area contributed by atoms with Gasteiger partial charge in [-0.05, 0) is 30.0 Å². The lowest BCUT2D eigenvalue weighted by Crippen LogP contribution is -2.15. The van der Waals surface area contributed by atoms with E-state index in [-0.39, 0.29) is 5.56 Å². The summed E-state index contributed by atoms with van der Waals surface area (Å²) in [6.07, 6.45) is 2.43. The van der Waals surface area contributed by atoms with Crippen molar-refractivity contribution < 1.29 is 0 Å². The Kier molecular flexibility index (Phi) is 3.19. The van der Waals surface area contributed by atoms with Crippen LogP contribution in [-0.2, 0) is 6.42 Å². The molecule has 0 aliphatic rings. The lowest BCUT2D eigenvalue weighted by atomic mass is 9.99. The van der Waals surface area contributed by atoms with E-state index in [9.17, 15) is 4.79 Å². The van der Waals surface area contributed by atoms with Crippen LogP contribution < -0.4 is 5.56 Å². The van der Waals surface area contributed by atoms with Crippen LogP contribution in [0.25, 0.3) is 21.7 Å². The van der Waals surface area contributed by atoms with Crippen LogP contribution in [0.15, 0.2) is 65.6 Å². The summed E-state index contributed by atoms with van der Waals surface area (Å²) in [5.74, 6) is 0. The summed E-state index contributed by atoms with van der Waals surface area (Å²) in [6.45, 7) is 1.94. The minimum absolute atomic E-state index is 0.0191. The fourth-order valence-electron chi connectivity index (χ4n) is 3.10. The predicted molar refractivity (Wildman–Crippen MR) is 93.9 cm³/mol. The lowest BCUT2D eigenvalue weighted by Gasteiger charge is -2.09. The molecule has 0 amide bonds. The van der Waals surface area contributed by atoms with Gasteiger partial charge in [0.2, 0.25) is 0 Å². The van der Waals surface area contributed by atoms with Crippen LogP contribution in [0.3, 0.4) is 0 Å². The Hall–Kier alpha value is -2.94. The summed E-state index contributed by atoms with van der Waals surface area (Å²) in [7, 11) is 0. The summed E-state index contributed by atoms with van der Waals surface area (Å²) in [4.78, 5) is 19.9. The first kappa shape index (κ1) is 13.7. The molecule has 112 valence electrons. The van der Waals surface area contributed by atoms with Crippen molar-refractivity contribution in [2.24, 2.45) is 0 Å². The van der Waals surface area contributed by atoms with Gasteiger partial charge in [-0.15, -0.1) is 0 Å². The van der Waals surface area contributed by atoms with E-state index in [2.05, 4.69) is 16.0 Å². The van der Waals surface area contributed by atoms with Crippen molar-refractivity contribution in [2.45, 2.75) is 13.3 Å². The fraction of sp³-hybridized carbons (Fsp3) is 0.100. The molecule has 0 aliphatic carbocycles. The predicted octanol–water partition coefficient (Wildman–Crippen LogP) is 3.98. The van der Waals surface area contributed by atoms with Gasteiger partial charge >= 0.3 is 0 Å². The number of nitrogens with zero attached hydrogens (tertiary/aromatic N) is 1. The summed E-state index contributed by atoms with van der Waals surface area (Å²) >= 11 is 0. The molecule has 0 spiro atoms. The molecule has 3 heteroatoms. The standard InChI is InChI=1S/C20H16N2O/c1-13-16-7-3-4-8-17(16)18(20(23)22-13)11-14-10-15-6-2-5-9-19(15)21-12-14/h2-10,12H,11H2,1H3,(H,22,23). The highest BCUT2D eigenvalue weighted by Crippen LogP contribution is 2.21. The second kappa shape index (κ2) is 5.36. The van der Waals surface area contributed by atoms with E-state index >= 15 is 0 Å². The molecule has 2 aromatic heterocycles. The number of benzene rings is 2. The van der Waals surface area contributed by atoms with E-state index in [0.29, 0.717) is 6.42 Å². The van der Waals surface area contributed by atoms with Crippen LogP contribution in [0.1, 0.15) is 16.8 Å². The number of nitrogens with one attached hydrogen (secondary N) is 1. The first-order valence-corrected chi connectivity index (χ1v) is 7.66. The number of hydrogen-bond acceptors (Lipinski definition) is 2. The lowest BCUT2D eigenvalue weighted by molar-refractivity contribution is 1.08. The highest BCUT2D eigenvalue weighted by Gasteiger charge is 2.10. The number of pyridine rings is 2. The maximum Gasteiger partial charge on any atom is 0.252 e. The van der Waals surface area contributed by atoms with Crippen molar-refractivity contribution in [2.75, 3.05) is 0 Å². The van der Waals surface area contributed by atoms with E-state index in [4.69, 9.17) is 0 Å². The largest absolute Gasteiger partial charge is 0.326 e. The first-order chi connectivity index (χ1) is 11.2. The molecular weight excluding hydrogens is 284 g/mol. The maximum atomic E-state index is 12.4. The van der Waals surface area contributed by atoms with Gasteiger partial charge in [-0.25, -0.2) is 0 Å². The van der Waals surface area contributed by atoms with Crippen molar-refractivity contribution >= 4 is 21.7 Å². The number of aromatic amines is 1. The molecule has 4 aromatic rings.